The highest BCUT2D eigenvalue weighted by atomic mass is 79.9. The maximum atomic E-state index is 5.30. The number of ether oxygens (including phenoxy) is 1. The number of nitrogens with one attached hydrogen (secondary N) is 1. The predicted octanol–water partition coefficient (Wildman–Crippen LogP) is 5.11. The maximum Gasteiger partial charge on any atom is 0.121 e. The van der Waals surface area contributed by atoms with Gasteiger partial charge in [0.15, 0.2) is 0 Å². The Labute approximate surface area is 132 Å². The molecule has 104 valence electrons. The molecule has 1 heterocycles. The first kappa shape index (κ1) is 13.8. The summed E-state index contributed by atoms with van der Waals surface area (Å²) in [6.45, 7) is 0. The molecule has 0 fully saturated rings. The molecule has 1 aliphatic rings. The van der Waals surface area contributed by atoms with Crippen LogP contribution in [0.5, 0.6) is 5.75 Å². The molecule has 1 aliphatic heterocycles. The highest BCUT2D eigenvalue weighted by Crippen LogP contribution is 2.39. The number of benzene rings is 2. The topological polar surface area (TPSA) is 21.3 Å². The Morgan fingerprint density at radius 2 is 2.10 bits per heavy atom. The van der Waals surface area contributed by atoms with E-state index in [9.17, 15) is 0 Å². The first-order valence-corrected chi connectivity index (χ1v) is 8.37. The minimum Gasteiger partial charge on any atom is -0.497 e. The van der Waals surface area contributed by atoms with Crippen LogP contribution in [0.15, 0.2) is 51.8 Å². The molecule has 0 saturated heterocycles. The van der Waals surface area contributed by atoms with Gasteiger partial charge in [-0.3, -0.25) is 0 Å². The van der Waals surface area contributed by atoms with Gasteiger partial charge in [-0.1, -0.05) is 18.2 Å². The molecule has 0 radical (unpaired) electrons. The summed E-state index contributed by atoms with van der Waals surface area (Å²) in [4.78, 5) is 1.38. The van der Waals surface area contributed by atoms with E-state index in [0.717, 1.165) is 28.1 Å². The lowest BCUT2D eigenvalue weighted by molar-refractivity contribution is 0.415. The number of thioether (sulfide) groups is 1. The Balaban J connectivity index is 1.89. The molecule has 0 aromatic heterocycles. The zero-order chi connectivity index (χ0) is 13.9. The molecule has 20 heavy (non-hydrogen) atoms. The van der Waals surface area contributed by atoms with E-state index in [2.05, 4.69) is 45.5 Å². The normalized spacial score (nSPS) is 17.4. The van der Waals surface area contributed by atoms with Gasteiger partial charge in [-0.15, -0.1) is 11.8 Å². The molecule has 1 N–H and O–H groups in total. The predicted molar refractivity (Wildman–Crippen MR) is 88.8 cm³/mol. The Hall–Kier alpha value is -1.13. The van der Waals surface area contributed by atoms with Gasteiger partial charge in [0.25, 0.3) is 0 Å². The van der Waals surface area contributed by atoms with Crippen LogP contribution in [0.2, 0.25) is 0 Å². The molecule has 2 aromatic carbocycles. The van der Waals surface area contributed by atoms with Crippen molar-refractivity contribution in [2.75, 3.05) is 18.2 Å². The Morgan fingerprint density at radius 1 is 1.25 bits per heavy atom. The lowest BCUT2D eigenvalue weighted by atomic mass is 10.0. The van der Waals surface area contributed by atoms with E-state index in [0.29, 0.717) is 6.04 Å². The number of methoxy groups -OCH3 is 1. The van der Waals surface area contributed by atoms with E-state index in [-0.39, 0.29) is 0 Å². The minimum absolute atomic E-state index is 0.357. The van der Waals surface area contributed by atoms with Gasteiger partial charge in [-0.25, -0.2) is 0 Å². The summed E-state index contributed by atoms with van der Waals surface area (Å²) in [6.07, 6.45) is 1.13. The zero-order valence-corrected chi connectivity index (χ0v) is 13.6. The molecule has 4 heteroatoms. The summed E-state index contributed by atoms with van der Waals surface area (Å²) >= 11 is 5.54. The van der Waals surface area contributed by atoms with Crippen molar-refractivity contribution in [3.8, 4) is 5.75 Å². The van der Waals surface area contributed by atoms with Crippen LogP contribution in [-0.2, 0) is 0 Å². The first-order chi connectivity index (χ1) is 9.78. The van der Waals surface area contributed by atoms with Crippen LogP contribution in [0.1, 0.15) is 18.0 Å². The summed E-state index contributed by atoms with van der Waals surface area (Å²) in [5.41, 5.74) is 2.47. The van der Waals surface area contributed by atoms with Crippen LogP contribution in [0.25, 0.3) is 0 Å². The van der Waals surface area contributed by atoms with Crippen LogP contribution in [0, 0.1) is 0 Å². The molecular weight excluding hydrogens is 334 g/mol. The van der Waals surface area contributed by atoms with Crippen LogP contribution in [0.3, 0.4) is 0 Å². The standard InChI is InChI=1S/C16H16BrNOS/c1-19-11-6-7-13(17)15(10-11)18-14-8-9-20-16-5-3-2-4-12(14)16/h2-7,10,14,18H,8-9H2,1H3. The summed E-state index contributed by atoms with van der Waals surface area (Å²) < 4.78 is 6.37. The van der Waals surface area contributed by atoms with Crippen LogP contribution < -0.4 is 10.1 Å². The molecule has 2 nitrogen and oxygen atoms in total. The highest BCUT2D eigenvalue weighted by molar-refractivity contribution is 9.10. The van der Waals surface area contributed by atoms with Gasteiger partial charge in [-0.2, -0.15) is 0 Å². The van der Waals surface area contributed by atoms with Crippen molar-refractivity contribution >= 4 is 33.4 Å². The van der Waals surface area contributed by atoms with Gasteiger partial charge in [0.1, 0.15) is 5.75 Å². The average molecular weight is 350 g/mol. The Bertz CT molecular complexity index is 617. The lowest BCUT2D eigenvalue weighted by Gasteiger charge is -2.27. The summed E-state index contributed by atoms with van der Waals surface area (Å²) in [6, 6.07) is 15.0. The lowest BCUT2D eigenvalue weighted by Crippen LogP contribution is -2.16. The van der Waals surface area contributed by atoms with Gasteiger partial charge in [0.05, 0.1) is 18.8 Å². The van der Waals surface area contributed by atoms with Gasteiger partial charge in [0, 0.05) is 21.2 Å². The van der Waals surface area contributed by atoms with Crippen molar-refractivity contribution in [3.63, 3.8) is 0 Å². The second-order valence-corrected chi connectivity index (χ2v) is 6.71. The fourth-order valence-electron chi connectivity index (χ4n) is 2.42. The second-order valence-electron chi connectivity index (χ2n) is 4.72. The van der Waals surface area contributed by atoms with Gasteiger partial charge in [-0.05, 0) is 46.1 Å². The average Bonchev–Trinajstić information content (AvgIpc) is 2.50. The number of hydrogen-bond donors (Lipinski definition) is 1. The molecule has 3 rings (SSSR count). The van der Waals surface area contributed by atoms with Crippen LogP contribution >= 0.6 is 27.7 Å². The number of hydrogen-bond acceptors (Lipinski definition) is 3. The highest BCUT2D eigenvalue weighted by Gasteiger charge is 2.20. The second kappa shape index (κ2) is 6.10. The van der Waals surface area contributed by atoms with Crippen molar-refractivity contribution in [2.45, 2.75) is 17.4 Å². The molecule has 0 saturated carbocycles. The third-order valence-corrected chi connectivity index (χ3v) is 5.28. The summed E-state index contributed by atoms with van der Waals surface area (Å²) in [7, 11) is 1.69. The minimum atomic E-state index is 0.357. The van der Waals surface area contributed by atoms with E-state index < -0.39 is 0 Å². The maximum absolute atomic E-state index is 5.30. The van der Waals surface area contributed by atoms with Crippen molar-refractivity contribution in [2.24, 2.45) is 0 Å². The van der Waals surface area contributed by atoms with Crippen molar-refractivity contribution in [3.05, 3.63) is 52.5 Å². The smallest absolute Gasteiger partial charge is 0.121 e. The van der Waals surface area contributed by atoms with Gasteiger partial charge in [0.2, 0.25) is 0 Å². The van der Waals surface area contributed by atoms with Crippen molar-refractivity contribution < 1.29 is 4.74 Å². The van der Waals surface area contributed by atoms with E-state index in [1.165, 1.54) is 10.5 Å². The quantitative estimate of drug-likeness (QED) is 0.832. The third kappa shape index (κ3) is 2.81. The molecule has 0 amide bonds. The fraction of sp³-hybridized carbons (Fsp3) is 0.250. The van der Waals surface area contributed by atoms with Crippen LogP contribution in [-0.4, -0.2) is 12.9 Å². The molecule has 1 atom stereocenters. The number of anilines is 1. The Morgan fingerprint density at radius 3 is 2.95 bits per heavy atom. The van der Waals surface area contributed by atoms with E-state index in [4.69, 9.17) is 4.74 Å². The molecule has 2 aromatic rings. The summed E-state index contributed by atoms with van der Waals surface area (Å²) in [5, 5.41) is 3.64. The third-order valence-electron chi connectivity index (χ3n) is 3.46. The molecule has 0 spiro atoms. The molecule has 1 unspecified atom stereocenters. The largest absolute Gasteiger partial charge is 0.497 e. The zero-order valence-electron chi connectivity index (χ0n) is 11.2. The number of rotatable bonds is 3. The van der Waals surface area contributed by atoms with Crippen molar-refractivity contribution in [1.82, 2.24) is 0 Å². The number of halogens is 1. The number of fused-ring (bicyclic) bond motifs is 1. The Kier molecular flexibility index (Phi) is 4.22. The van der Waals surface area contributed by atoms with E-state index in [1.807, 2.05) is 30.0 Å². The van der Waals surface area contributed by atoms with Gasteiger partial charge < -0.3 is 10.1 Å². The first-order valence-electron chi connectivity index (χ1n) is 6.60. The SMILES string of the molecule is COc1ccc(Br)c(NC2CCSc3ccccc32)c1. The van der Waals surface area contributed by atoms with Gasteiger partial charge >= 0.3 is 0 Å². The van der Waals surface area contributed by atoms with Crippen LogP contribution in [0.4, 0.5) is 5.69 Å². The fourth-order valence-corrected chi connectivity index (χ4v) is 3.91. The summed E-state index contributed by atoms with van der Waals surface area (Å²) in [5.74, 6) is 2.02. The molecule has 0 bridgehead atoms. The molecular formula is C16H16BrNOS. The van der Waals surface area contributed by atoms with E-state index in [1.54, 1.807) is 7.11 Å². The molecule has 0 aliphatic carbocycles. The van der Waals surface area contributed by atoms with Crippen molar-refractivity contribution in [1.29, 1.82) is 0 Å². The monoisotopic (exact) mass is 349 g/mol. The van der Waals surface area contributed by atoms with E-state index >= 15 is 0 Å².